The monoisotopic (exact) mass is 388 g/mol. The van der Waals surface area contributed by atoms with Gasteiger partial charge in [-0.3, -0.25) is 9.59 Å². The van der Waals surface area contributed by atoms with Gasteiger partial charge in [-0.2, -0.15) is 0 Å². The van der Waals surface area contributed by atoms with Crippen molar-refractivity contribution in [2.45, 2.75) is 25.1 Å². The molecule has 0 heterocycles. The van der Waals surface area contributed by atoms with Crippen LogP contribution in [0.4, 0.5) is 4.39 Å². The second kappa shape index (κ2) is 10.7. The predicted octanol–water partition coefficient (Wildman–Crippen LogP) is 3.26. The van der Waals surface area contributed by atoms with Crippen molar-refractivity contribution in [3.05, 3.63) is 71.5 Å². The van der Waals surface area contributed by atoms with Crippen molar-refractivity contribution in [1.82, 2.24) is 10.2 Å². The lowest BCUT2D eigenvalue weighted by molar-refractivity contribution is -0.137. The smallest absolute Gasteiger partial charge is 0.242 e. The quantitative estimate of drug-likeness (QED) is 0.717. The van der Waals surface area contributed by atoms with Crippen LogP contribution in [0.25, 0.3) is 0 Å². The van der Waals surface area contributed by atoms with Crippen LogP contribution >= 0.6 is 11.8 Å². The van der Waals surface area contributed by atoms with Gasteiger partial charge in [-0.1, -0.05) is 48.5 Å². The van der Waals surface area contributed by atoms with Gasteiger partial charge in [0, 0.05) is 19.3 Å². The van der Waals surface area contributed by atoms with E-state index in [1.54, 1.807) is 37.1 Å². The maximum atomic E-state index is 13.7. The van der Waals surface area contributed by atoms with E-state index in [4.69, 9.17) is 0 Å². The van der Waals surface area contributed by atoms with Gasteiger partial charge < -0.3 is 10.2 Å². The van der Waals surface area contributed by atoms with E-state index in [1.807, 2.05) is 30.3 Å². The van der Waals surface area contributed by atoms with Crippen LogP contribution in [0.2, 0.25) is 0 Å². The van der Waals surface area contributed by atoms with E-state index in [0.29, 0.717) is 24.3 Å². The summed E-state index contributed by atoms with van der Waals surface area (Å²) in [6.45, 7) is 2.18. The highest BCUT2D eigenvalue weighted by Crippen LogP contribution is 2.17. The molecule has 0 bridgehead atoms. The molecule has 0 saturated carbocycles. The van der Waals surface area contributed by atoms with E-state index < -0.39 is 6.04 Å². The Labute approximate surface area is 164 Å². The number of benzene rings is 2. The van der Waals surface area contributed by atoms with Crippen molar-refractivity contribution >= 4 is 23.6 Å². The molecule has 0 aliphatic heterocycles. The Morgan fingerprint density at radius 1 is 1.11 bits per heavy atom. The molecule has 0 aliphatic carbocycles. The number of rotatable bonds is 9. The van der Waals surface area contributed by atoms with E-state index in [0.717, 1.165) is 5.56 Å². The fourth-order valence-corrected chi connectivity index (χ4v) is 3.62. The Kier molecular flexibility index (Phi) is 8.33. The first-order valence-corrected chi connectivity index (χ1v) is 10.0. The standard InChI is InChI=1S/C21H25FN2O2S/c1-16(21(26)23-2)24(13-12-17-8-4-3-5-9-17)20(25)15-27-14-18-10-6-7-11-19(18)22/h3-11,16H,12-15H2,1-2H3,(H,23,26)/t16-/m1/s1. The number of hydrogen-bond donors (Lipinski definition) is 1. The highest BCUT2D eigenvalue weighted by molar-refractivity contribution is 7.99. The molecule has 0 saturated heterocycles. The minimum Gasteiger partial charge on any atom is -0.357 e. The molecule has 1 N–H and O–H groups in total. The van der Waals surface area contributed by atoms with Crippen molar-refractivity contribution in [3.8, 4) is 0 Å². The second-order valence-corrected chi connectivity index (χ2v) is 7.18. The lowest BCUT2D eigenvalue weighted by Crippen LogP contribution is -2.48. The fraction of sp³-hybridized carbons (Fsp3) is 0.333. The largest absolute Gasteiger partial charge is 0.357 e. The van der Waals surface area contributed by atoms with Crippen molar-refractivity contribution in [2.75, 3.05) is 19.3 Å². The highest BCUT2D eigenvalue weighted by Gasteiger charge is 2.24. The zero-order valence-corrected chi connectivity index (χ0v) is 16.5. The number of nitrogens with zero attached hydrogens (tertiary/aromatic N) is 1. The van der Waals surface area contributed by atoms with Crippen LogP contribution in [0.5, 0.6) is 0 Å². The summed E-state index contributed by atoms with van der Waals surface area (Å²) in [7, 11) is 1.56. The van der Waals surface area contributed by atoms with Crippen molar-refractivity contribution in [1.29, 1.82) is 0 Å². The minimum absolute atomic E-state index is 0.122. The van der Waals surface area contributed by atoms with E-state index in [-0.39, 0.29) is 23.4 Å². The number of thioether (sulfide) groups is 1. The van der Waals surface area contributed by atoms with Crippen LogP contribution < -0.4 is 5.32 Å². The lowest BCUT2D eigenvalue weighted by Gasteiger charge is -2.28. The molecule has 6 heteroatoms. The predicted molar refractivity (Wildman–Crippen MR) is 108 cm³/mol. The molecule has 0 radical (unpaired) electrons. The molecule has 144 valence electrons. The zero-order chi connectivity index (χ0) is 19.6. The Balaban J connectivity index is 1.97. The van der Waals surface area contributed by atoms with Crippen LogP contribution in [0, 0.1) is 5.82 Å². The molecule has 4 nitrogen and oxygen atoms in total. The van der Waals surface area contributed by atoms with Crippen LogP contribution in [-0.4, -0.2) is 42.1 Å². The molecule has 2 amide bonds. The summed E-state index contributed by atoms with van der Waals surface area (Å²) in [6, 6.07) is 15.8. The summed E-state index contributed by atoms with van der Waals surface area (Å²) < 4.78 is 13.7. The van der Waals surface area contributed by atoms with Crippen LogP contribution in [0.3, 0.4) is 0 Å². The number of carbonyl (C=O) groups is 2. The van der Waals surface area contributed by atoms with Gasteiger partial charge in [0.05, 0.1) is 5.75 Å². The fourth-order valence-electron chi connectivity index (χ4n) is 2.73. The first-order valence-electron chi connectivity index (χ1n) is 8.89. The molecule has 1 atom stereocenters. The van der Waals surface area contributed by atoms with Gasteiger partial charge in [0.2, 0.25) is 11.8 Å². The van der Waals surface area contributed by atoms with Gasteiger partial charge in [-0.25, -0.2) is 4.39 Å². The summed E-state index contributed by atoms with van der Waals surface area (Å²) in [4.78, 5) is 26.4. The summed E-state index contributed by atoms with van der Waals surface area (Å²) in [6.07, 6.45) is 0.673. The van der Waals surface area contributed by atoms with E-state index in [1.165, 1.54) is 17.8 Å². The number of amides is 2. The maximum Gasteiger partial charge on any atom is 0.242 e. The first-order chi connectivity index (χ1) is 13.0. The number of nitrogens with one attached hydrogen (secondary N) is 1. The molecule has 0 aromatic heterocycles. The van der Waals surface area contributed by atoms with Gasteiger partial charge in [0.15, 0.2) is 0 Å². The number of likely N-dealkylation sites (N-methyl/N-ethyl adjacent to an activating group) is 1. The van der Waals surface area contributed by atoms with Gasteiger partial charge in [-0.15, -0.1) is 11.8 Å². The van der Waals surface area contributed by atoms with Crippen LogP contribution in [0.1, 0.15) is 18.1 Å². The number of halogens is 1. The Bertz CT molecular complexity index is 755. The van der Waals surface area contributed by atoms with Gasteiger partial charge in [0.1, 0.15) is 11.9 Å². The summed E-state index contributed by atoms with van der Waals surface area (Å²) in [5.74, 6) is 0.0278. The van der Waals surface area contributed by atoms with Crippen molar-refractivity contribution in [3.63, 3.8) is 0 Å². The molecule has 0 unspecified atom stereocenters. The van der Waals surface area contributed by atoms with Gasteiger partial charge >= 0.3 is 0 Å². The molecule has 2 aromatic rings. The van der Waals surface area contributed by atoms with Crippen LogP contribution in [0.15, 0.2) is 54.6 Å². The molecular weight excluding hydrogens is 363 g/mol. The Morgan fingerprint density at radius 3 is 2.44 bits per heavy atom. The summed E-state index contributed by atoms with van der Waals surface area (Å²) in [5.41, 5.74) is 1.68. The van der Waals surface area contributed by atoms with Crippen molar-refractivity contribution < 1.29 is 14.0 Å². The lowest BCUT2D eigenvalue weighted by atomic mass is 10.1. The molecule has 2 aromatic carbocycles. The van der Waals surface area contributed by atoms with E-state index in [9.17, 15) is 14.0 Å². The Morgan fingerprint density at radius 2 is 1.78 bits per heavy atom. The normalized spacial score (nSPS) is 11.7. The number of hydrogen-bond acceptors (Lipinski definition) is 3. The molecular formula is C21H25FN2O2S. The first kappa shape index (κ1) is 21.0. The maximum absolute atomic E-state index is 13.7. The average molecular weight is 389 g/mol. The highest BCUT2D eigenvalue weighted by atomic mass is 32.2. The average Bonchev–Trinajstić information content (AvgIpc) is 2.69. The molecule has 2 rings (SSSR count). The third kappa shape index (κ3) is 6.40. The Hall–Kier alpha value is -2.34. The topological polar surface area (TPSA) is 49.4 Å². The molecule has 0 spiro atoms. The molecule has 27 heavy (non-hydrogen) atoms. The van der Waals surface area contributed by atoms with Crippen LogP contribution in [-0.2, 0) is 21.8 Å². The molecule has 0 fully saturated rings. The van der Waals surface area contributed by atoms with E-state index in [2.05, 4.69) is 5.32 Å². The number of carbonyl (C=O) groups excluding carboxylic acids is 2. The van der Waals surface area contributed by atoms with Gasteiger partial charge in [0.25, 0.3) is 0 Å². The van der Waals surface area contributed by atoms with Gasteiger partial charge in [-0.05, 0) is 30.5 Å². The minimum atomic E-state index is -0.555. The zero-order valence-electron chi connectivity index (χ0n) is 15.7. The summed E-state index contributed by atoms with van der Waals surface area (Å²) >= 11 is 1.35. The van der Waals surface area contributed by atoms with E-state index >= 15 is 0 Å². The summed E-state index contributed by atoms with van der Waals surface area (Å²) in [5, 5.41) is 2.60. The third-order valence-electron chi connectivity index (χ3n) is 4.34. The second-order valence-electron chi connectivity index (χ2n) is 6.20. The van der Waals surface area contributed by atoms with Crippen molar-refractivity contribution in [2.24, 2.45) is 0 Å². The SMILES string of the molecule is CNC(=O)[C@@H](C)N(CCc1ccccc1)C(=O)CSCc1ccccc1F. The third-order valence-corrected chi connectivity index (χ3v) is 5.31. The molecule has 0 aliphatic rings.